The normalized spacial score (nSPS) is 18.2. The first-order valence-electron chi connectivity index (χ1n) is 9.74. The number of hydrogen-bond donors (Lipinski definition) is 1. The minimum atomic E-state index is -0.285. The van der Waals surface area contributed by atoms with E-state index in [-0.39, 0.29) is 16.8 Å². The fourth-order valence-corrected chi connectivity index (χ4v) is 5.26. The Hall–Kier alpha value is -2.67. The number of rotatable bonds is 3. The Morgan fingerprint density at radius 2 is 1.72 bits per heavy atom. The molecule has 2 aromatic carbocycles. The maximum Gasteiger partial charge on any atom is 0.321 e. The van der Waals surface area contributed by atoms with Gasteiger partial charge in [0.05, 0.1) is 17.7 Å². The summed E-state index contributed by atoms with van der Waals surface area (Å²) in [5, 5.41) is 2.97. The molecule has 0 unspecified atom stereocenters. The lowest BCUT2D eigenvalue weighted by Crippen LogP contribution is -2.53. The molecular weight excluding hydrogens is 386 g/mol. The van der Waals surface area contributed by atoms with Crippen molar-refractivity contribution >= 4 is 35.1 Å². The number of piperidine rings is 1. The molecule has 6 nitrogen and oxygen atoms in total. The average molecular weight is 412 g/mol. The Labute approximate surface area is 175 Å². The molecule has 7 heteroatoms. The Bertz CT molecular complexity index is 891. The topological polar surface area (TPSA) is 61.9 Å². The Morgan fingerprint density at radius 1 is 1.07 bits per heavy atom. The first kappa shape index (κ1) is 19.6. The quantitative estimate of drug-likeness (QED) is 0.826. The van der Waals surface area contributed by atoms with Gasteiger partial charge in [-0.2, -0.15) is 0 Å². The zero-order valence-electron chi connectivity index (χ0n) is 16.7. The molecule has 2 heterocycles. The van der Waals surface area contributed by atoms with Crippen LogP contribution in [-0.2, 0) is 4.79 Å². The third-order valence-electron chi connectivity index (χ3n) is 5.59. The highest BCUT2D eigenvalue weighted by Crippen LogP contribution is 2.47. The molecule has 152 valence electrons. The van der Waals surface area contributed by atoms with Crippen molar-refractivity contribution in [3.63, 3.8) is 0 Å². The van der Waals surface area contributed by atoms with Crippen LogP contribution in [0.5, 0.6) is 5.75 Å². The van der Waals surface area contributed by atoms with Crippen LogP contribution in [0.4, 0.5) is 16.2 Å². The number of nitrogens with zero attached hydrogens (tertiary/aromatic N) is 2. The minimum Gasteiger partial charge on any atom is -0.497 e. The van der Waals surface area contributed by atoms with Gasteiger partial charge in [0.2, 0.25) is 5.91 Å². The van der Waals surface area contributed by atoms with Gasteiger partial charge in [-0.3, -0.25) is 9.69 Å². The molecule has 3 amide bonds. The molecular formula is C22H25N3O3S. The molecule has 0 aromatic heterocycles. The van der Waals surface area contributed by atoms with Crippen molar-refractivity contribution < 1.29 is 14.3 Å². The monoisotopic (exact) mass is 411 g/mol. The van der Waals surface area contributed by atoms with Crippen LogP contribution in [0.1, 0.15) is 18.4 Å². The highest BCUT2D eigenvalue weighted by Gasteiger charge is 2.49. The predicted molar refractivity (Wildman–Crippen MR) is 117 cm³/mol. The van der Waals surface area contributed by atoms with Crippen LogP contribution in [0.3, 0.4) is 0 Å². The predicted octanol–water partition coefficient (Wildman–Crippen LogP) is 4.11. The van der Waals surface area contributed by atoms with Crippen molar-refractivity contribution in [1.29, 1.82) is 0 Å². The summed E-state index contributed by atoms with van der Waals surface area (Å²) in [5.41, 5.74) is 2.84. The van der Waals surface area contributed by atoms with E-state index >= 15 is 0 Å². The molecule has 2 aliphatic heterocycles. The van der Waals surface area contributed by atoms with Crippen molar-refractivity contribution in [2.75, 3.05) is 36.2 Å². The summed E-state index contributed by atoms with van der Waals surface area (Å²) >= 11 is 1.69. The number of ether oxygens (including phenoxy) is 1. The van der Waals surface area contributed by atoms with Crippen molar-refractivity contribution in [2.45, 2.75) is 24.6 Å². The maximum absolute atomic E-state index is 12.7. The van der Waals surface area contributed by atoms with Gasteiger partial charge in [-0.05, 0) is 56.2 Å². The molecule has 29 heavy (non-hydrogen) atoms. The molecule has 0 bridgehead atoms. The number of aryl methyl sites for hydroxylation is 1. The van der Waals surface area contributed by atoms with Crippen LogP contribution in [0.2, 0.25) is 0 Å². The molecule has 1 N–H and O–H groups in total. The number of thioether (sulfide) groups is 1. The molecule has 0 radical (unpaired) electrons. The number of urea groups is 1. The largest absolute Gasteiger partial charge is 0.497 e. The third-order valence-corrected chi connectivity index (χ3v) is 7.11. The number of methoxy groups -OCH3 is 1. The summed E-state index contributed by atoms with van der Waals surface area (Å²) in [6.45, 7) is 3.25. The number of carbonyl (C=O) groups excluding carboxylic acids is 2. The van der Waals surface area contributed by atoms with Gasteiger partial charge in [-0.25, -0.2) is 4.79 Å². The summed E-state index contributed by atoms with van der Waals surface area (Å²) in [6, 6.07) is 15.3. The van der Waals surface area contributed by atoms with Gasteiger partial charge in [-0.1, -0.05) is 17.7 Å². The summed E-state index contributed by atoms with van der Waals surface area (Å²) in [4.78, 5) is 28.8. The van der Waals surface area contributed by atoms with E-state index in [0.29, 0.717) is 18.8 Å². The van der Waals surface area contributed by atoms with Crippen molar-refractivity contribution in [2.24, 2.45) is 0 Å². The van der Waals surface area contributed by atoms with Gasteiger partial charge < -0.3 is 15.0 Å². The second-order valence-electron chi connectivity index (χ2n) is 7.45. The van der Waals surface area contributed by atoms with E-state index in [1.54, 1.807) is 18.9 Å². The van der Waals surface area contributed by atoms with Crippen LogP contribution >= 0.6 is 11.8 Å². The van der Waals surface area contributed by atoms with Crippen LogP contribution in [0.25, 0.3) is 0 Å². The van der Waals surface area contributed by atoms with Crippen LogP contribution < -0.4 is 15.0 Å². The molecule has 1 spiro atoms. The Morgan fingerprint density at radius 3 is 2.34 bits per heavy atom. The fraction of sp³-hybridized carbons (Fsp3) is 0.364. The third kappa shape index (κ3) is 3.92. The van der Waals surface area contributed by atoms with E-state index in [0.717, 1.165) is 35.5 Å². The SMILES string of the molecule is COc1ccc(N2C(=O)CSC23CCN(C(=O)Nc2ccc(C)cc2)CC3)cc1. The van der Waals surface area contributed by atoms with Gasteiger partial charge >= 0.3 is 6.03 Å². The smallest absolute Gasteiger partial charge is 0.321 e. The molecule has 4 rings (SSSR count). The number of benzene rings is 2. The first-order chi connectivity index (χ1) is 14.0. The lowest BCUT2D eigenvalue weighted by atomic mass is 10.0. The zero-order chi connectivity index (χ0) is 20.4. The van der Waals surface area contributed by atoms with E-state index < -0.39 is 0 Å². The molecule has 2 saturated heterocycles. The van der Waals surface area contributed by atoms with Crippen molar-refractivity contribution in [3.8, 4) is 5.75 Å². The van der Waals surface area contributed by atoms with Crippen LogP contribution in [0, 0.1) is 6.92 Å². The van der Waals surface area contributed by atoms with Gasteiger partial charge in [0.25, 0.3) is 0 Å². The first-order valence-corrected chi connectivity index (χ1v) is 10.7. The Balaban J connectivity index is 1.44. The standard InChI is InChI=1S/C22H25N3O3S/c1-16-3-5-17(6-4-16)23-21(27)24-13-11-22(12-14-24)25(20(26)15-29-22)18-7-9-19(28-2)10-8-18/h3-10H,11-15H2,1-2H3,(H,23,27). The van der Waals surface area contributed by atoms with E-state index in [1.807, 2.05) is 65.3 Å². The van der Waals surface area contributed by atoms with Crippen molar-refractivity contribution in [3.05, 3.63) is 54.1 Å². The Kier molecular flexibility index (Phi) is 5.41. The molecule has 0 saturated carbocycles. The number of likely N-dealkylation sites (tertiary alicyclic amines) is 1. The van der Waals surface area contributed by atoms with Gasteiger partial charge in [0.1, 0.15) is 5.75 Å². The van der Waals surface area contributed by atoms with Crippen LogP contribution in [0.15, 0.2) is 48.5 Å². The maximum atomic E-state index is 12.7. The van der Waals surface area contributed by atoms with Crippen LogP contribution in [-0.4, -0.2) is 47.7 Å². The summed E-state index contributed by atoms with van der Waals surface area (Å²) < 4.78 is 5.23. The summed E-state index contributed by atoms with van der Waals surface area (Å²) in [7, 11) is 1.63. The van der Waals surface area contributed by atoms with E-state index in [9.17, 15) is 9.59 Å². The van der Waals surface area contributed by atoms with E-state index in [4.69, 9.17) is 4.74 Å². The molecule has 2 aliphatic rings. The second kappa shape index (κ2) is 7.99. The fourth-order valence-electron chi connectivity index (χ4n) is 3.93. The van der Waals surface area contributed by atoms with Gasteiger partial charge in [0.15, 0.2) is 0 Å². The zero-order valence-corrected chi connectivity index (χ0v) is 17.5. The van der Waals surface area contributed by atoms with Gasteiger partial charge in [0, 0.05) is 24.5 Å². The number of anilines is 2. The number of hydrogen-bond acceptors (Lipinski definition) is 4. The second-order valence-corrected chi connectivity index (χ2v) is 8.78. The van der Waals surface area contributed by atoms with E-state index in [2.05, 4.69) is 5.32 Å². The number of nitrogens with one attached hydrogen (secondary N) is 1. The summed E-state index contributed by atoms with van der Waals surface area (Å²) in [6.07, 6.45) is 1.49. The highest BCUT2D eigenvalue weighted by atomic mass is 32.2. The lowest BCUT2D eigenvalue weighted by Gasteiger charge is -2.43. The number of carbonyl (C=O) groups is 2. The highest BCUT2D eigenvalue weighted by molar-refractivity contribution is 8.02. The molecule has 0 aliphatic carbocycles. The minimum absolute atomic E-state index is 0.0889. The lowest BCUT2D eigenvalue weighted by molar-refractivity contribution is -0.116. The molecule has 2 fully saturated rings. The molecule has 2 aromatic rings. The average Bonchev–Trinajstić information content (AvgIpc) is 3.06. The van der Waals surface area contributed by atoms with Gasteiger partial charge in [-0.15, -0.1) is 11.8 Å². The van der Waals surface area contributed by atoms with Crippen molar-refractivity contribution in [1.82, 2.24) is 4.90 Å². The summed E-state index contributed by atoms with van der Waals surface area (Å²) in [5.74, 6) is 1.36. The molecule has 0 atom stereocenters. The number of amides is 3. The van der Waals surface area contributed by atoms with E-state index in [1.165, 1.54) is 0 Å².